The predicted octanol–water partition coefficient (Wildman–Crippen LogP) is 1.26. The molecule has 0 bridgehead atoms. The van der Waals surface area contributed by atoms with Crippen LogP contribution in [0.3, 0.4) is 0 Å². The number of rotatable bonds is 7. The number of nitrogens with two attached hydrogens (primary N) is 1. The van der Waals surface area contributed by atoms with Crippen molar-refractivity contribution in [2.45, 2.75) is 24.8 Å². The molecule has 1 aromatic rings. The van der Waals surface area contributed by atoms with Gasteiger partial charge in [0.25, 0.3) is 0 Å². The van der Waals surface area contributed by atoms with Crippen molar-refractivity contribution in [3.05, 3.63) is 29.8 Å². The molecule has 2 N–H and O–H groups in total. The molecule has 0 fully saturated rings. The minimum atomic E-state index is -3.20. The summed E-state index contributed by atoms with van der Waals surface area (Å²) in [4.78, 5) is 2.40. The molecule has 4 nitrogen and oxygen atoms in total. The summed E-state index contributed by atoms with van der Waals surface area (Å²) >= 11 is 0. The van der Waals surface area contributed by atoms with Gasteiger partial charge in [-0.2, -0.15) is 0 Å². The van der Waals surface area contributed by atoms with Crippen LogP contribution in [0.4, 0.5) is 0 Å². The number of benzene rings is 1. The number of hydrogen-bond acceptors (Lipinski definition) is 4. The molecular formula is C13H22N2O2S. The Morgan fingerprint density at radius 3 is 2.61 bits per heavy atom. The molecule has 0 spiro atoms. The molecule has 0 radical (unpaired) electrons. The van der Waals surface area contributed by atoms with E-state index in [1.807, 2.05) is 18.0 Å². The fraction of sp³-hybridized carbons (Fsp3) is 0.538. The Bertz CT molecular complexity index is 472. The molecule has 1 rings (SSSR count). The van der Waals surface area contributed by atoms with Gasteiger partial charge >= 0.3 is 0 Å². The lowest BCUT2D eigenvalue weighted by molar-refractivity contribution is 0.354. The van der Waals surface area contributed by atoms with Gasteiger partial charge < -0.3 is 10.6 Å². The van der Waals surface area contributed by atoms with E-state index in [0.29, 0.717) is 18.0 Å². The van der Waals surface area contributed by atoms with Gasteiger partial charge in [-0.25, -0.2) is 8.42 Å². The number of nitrogens with zero attached hydrogens (tertiary/aromatic N) is 1. The van der Waals surface area contributed by atoms with Crippen molar-refractivity contribution in [2.24, 2.45) is 5.73 Å². The van der Waals surface area contributed by atoms with E-state index in [2.05, 4.69) is 6.92 Å². The smallest absolute Gasteiger partial charge is 0.179 e. The standard InChI is InChI=1S/C13H22N2O2S/c1-3-7-15(2)8-9-18(16,17)13-6-4-5-12(10-13)11-14/h4-6,10H,3,7-9,11,14H2,1-2H3. The highest BCUT2D eigenvalue weighted by Gasteiger charge is 2.15. The third-order valence-electron chi connectivity index (χ3n) is 2.84. The van der Waals surface area contributed by atoms with Crippen LogP contribution in [0.1, 0.15) is 18.9 Å². The van der Waals surface area contributed by atoms with Gasteiger partial charge in [-0.05, 0) is 37.7 Å². The fourth-order valence-corrected chi connectivity index (χ4v) is 3.16. The van der Waals surface area contributed by atoms with E-state index < -0.39 is 9.84 Å². The zero-order chi connectivity index (χ0) is 13.6. The quantitative estimate of drug-likeness (QED) is 0.810. The minimum absolute atomic E-state index is 0.150. The average molecular weight is 270 g/mol. The summed E-state index contributed by atoms with van der Waals surface area (Å²) in [6, 6.07) is 6.87. The van der Waals surface area contributed by atoms with Crippen LogP contribution in [0, 0.1) is 0 Å². The molecule has 0 atom stereocenters. The Kier molecular flexibility index (Phi) is 5.78. The second-order valence-corrected chi connectivity index (χ2v) is 6.58. The van der Waals surface area contributed by atoms with E-state index in [9.17, 15) is 8.42 Å². The van der Waals surface area contributed by atoms with Crippen molar-refractivity contribution in [1.82, 2.24) is 4.90 Å². The van der Waals surface area contributed by atoms with Gasteiger partial charge in [-0.15, -0.1) is 0 Å². The zero-order valence-corrected chi connectivity index (χ0v) is 11.9. The van der Waals surface area contributed by atoms with Crippen LogP contribution >= 0.6 is 0 Å². The third kappa shape index (κ3) is 4.40. The van der Waals surface area contributed by atoms with E-state index in [1.54, 1.807) is 18.2 Å². The largest absolute Gasteiger partial charge is 0.326 e. The third-order valence-corrected chi connectivity index (χ3v) is 4.53. The van der Waals surface area contributed by atoms with Crippen LogP contribution in [0.25, 0.3) is 0 Å². The van der Waals surface area contributed by atoms with Crippen molar-refractivity contribution < 1.29 is 8.42 Å². The molecule has 0 saturated carbocycles. The topological polar surface area (TPSA) is 63.4 Å². The monoisotopic (exact) mass is 270 g/mol. The van der Waals surface area contributed by atoms with E-state index >= 15 is 0 Å². The second kappa shape index (κ2) is 6.87. The molecule has 18 heavy (non-hydrogen) atoms. The molecule has 0 aliphatic heterocycles. The van der Waals surface area contributed by atoms with E-state index in [0.717, 1.165) is 18.5 Å². The summed E-state index contributed by atoms with van der Waals surface area (Å²) in [5, 5.41) is 0. The SMILES string of the molecule is CCCN(C)CCS(=O)(=O)c1cccc(CN)c1. The van der Waals surface area contributed by atoms with Gasteiger partial charge in [-0.3, -0.25) is 0 Å². The first-order valence-corrected chi connectivity index (χ1v) is 7.85. The molecule has 0 unspecified atom stereocenters. The molecular weight excluding hydrogens is 248 g/mol. The second-order valence-electron chi connectivity index (χ2n) is 4.47. The Labute approximate surface area is 110 Å². The van der Waals surface area contributed by atoms with Crippen molar-refractivity contribution >= 4 is 9.84 Å². The summed E-state index contributed by atoms with van der Waals surface area (Å²) in [6.45, 7) is 3.91. The maximum Gasteiger partial charge on any atom is 0.179 e. The fourth-order valence-electron chi connectivity index (χ4n) is 1.75. The molecule has 5 heteroatoms. The van der Waals surface area contributed by atoms with Crippen LogP contribution in [-0.4, -0.2) is 39.2 Å². The van der Waals surface area contributed by atoms with Crippen molar-refractivity contribution in [3.8, 4) is 0 Å². The predicted molar refractivity (Wildman–Crippen MR) is 74.2 cm³/mol. The summed E-state index contributed by atoms with van der Waals surface area (Å²) < 4.78 is 24.3. The van der Waals surface area contributed by atoms with Gasteiger partial charge in [0.05, 0.1) is 10.6 Å². The van der Waals surface area contributed by atoms with Crippen molar-refractivity contribution in [2.75, 3.05) is 25.9 Å². The van der Waals surface area contributed by atoms with E-state index in [-0.39, 0.29) is 5.75 Å². The molecule has 0 aliphatic rings. The molecule has 1 aromatic carbocycles. The van der Waals surface area contributed by atoms with Gasteiger partial charge in [0, 0.05) is 13.1 Å². The van der Waals surface area contributed by atoms with Gasteiger partial charge in [0.1, 0.15) is 0 Å². The Morgan fingerprint density at radius 2 is 2.00 bits per heavy atom. The Balaban J connectivity index is 2.73. The minimum Gasteiger partial charge on any atom is -0.326 e. The maximum atomic E-state index is 12.1. The molecule has 0 saturated heterocycles. The van der Waals surface area contributed by atoms with Crippen LogP contribution in [0.2, 0.25) is 0 Å². The average Bonchev–Trinajstić information content (AvgIpc) is 2.37. The maximum absolute atomic E-state index is 12.1. The first-order valence-electron chi connectivity index (χ1n) is 6.20. The molecule has 102 valence electrons. The lowest BCUT2D eigenvalue weighted by Crippen LogP contribution is -2.26. The molecule has 0 aliphatic carbocycles. The highest BCUT2D eigenvalue weighted by Crippen LogP contribution is 2.13. The Morgan fingerprint density at radius 1 is 1.28 bits per heavy atom. The summed E-state index contributed by atoms with van der Waals surface area (Å²) in [6.07, 6.45) is 1.03. The summed E-state index contributed by atoms with van der Waals surface area (Å²) in [5.74, 6) is 0.150. The first kappa shape index (κ1) is 15.1. The van der Waals surface area contributed by atoms with Gasteiger partial charge in [0.2, 0.25) is 0 Å². The van der Waals surface area contributed by atoms with E-state index in [4.69, 9.17) is 5.73 Å². The summed E-state index contributed by atoms with van der Waals surface area (Å²) in [7, 11) is -1.26. The Hall–Kier alpha value is -0.910. The molecule has 0 heterocycles. The summed E-state index contributed by atoms with van der Waals surface area (Å²) in [5.41, 5.74) is 6.37. The van der Waals surface area contributed by atoms with Crippen LogP contribution in [0.5, 0.6) is 0 Å². The highest BCUT2D eigenvalue weighted by molar-refractivity contribution is 7.91. The van der Waals surface area contributed by atoms with Crippen LogP contribution in [0.15, 0.2) is 29.2 Å². The van der Waals surface area contributed by atoms with Crippen LogP contribution < -0.4 is 5.73 Å². The van der Waals surface area contributed by atoms with Crippen LogP contribution in [-0.2, 0) is 16.4 Å². The first-order chi connectivity index (χ1) is 8.49. The number of sulfone groups is 1. The molecule has 0 aromatic heterocycles. The van der Waals surface area contributed by atoms with Crippen molar-refractivity contribution in [3.63, 3.8) is 0 Å². The number of hydrogen-bond donors (Lipinski definition) is 1. The highest BCUT2D eigenvalue weighted by atomic mass is 32.2. The zero-order valence-electron chi connectivity index (χ0n) is 11.1. The lowest BCUT2D eigenvalue weighted by atomic mass is 10.2. The lowest BCUT2D eigenvalue weighted by Gasteiger charge is -2.15. The van der Waals surface area contributed by atoms with Crippen molar-refractivity contribution in [1.29, 1.82) is 0 Å². The van der Waals surface area contributed by atoms with Gasteiger partial charge in [-0.1, -0.05) is 19.1 Å². The molecule has 0 amide bonds. The van der Waals surface area contributed by atoms with E-state index in [1.165, 1.54) is 0 Å². The van der Waals surface area contributed by atoms with Gasteiger partial charge in [0.15, 0.2) is 9.84 Å². The normalized spacial score (nSPS) is 12.0.